The van der Waals surface area contributed by atoms with Crippen LogP contribution in [0.25, 0.3) is 0 Å². The SMILES string of the molecule is COCCN1C(=O)c2ccc(C34CC5CC(CC(C5)C3)C4)cc2C1=O. The van der Waals surface area contributed by atoms with E-state index in [0.29, 0.717) is 24.3 Å². The van der Waals surface area contributed by atoms with E-state index in [0.717, 1.165) is 17.8 Å². The summed E-state index contributed by atoms with van der Waals surface area (Å²) in [5, 5.41) is 0. The van der Waals surface area contributed by atoms with Crippen molar-refractivity contribution in [2.45, 2.75) is 43.9 Å². The Morgan fingerprint density at radius 3 is 2.20 bits per heavy atom. The summed E-state index contributed by atoms with van der Waals surface area (Å²) >= 11 is 0. The van der Waals surface area contributed by atoms with Crippen molar-refractivity contribution in [3.8, 4) is 0 Å². The lowest BCUT2D eigenvalue weighted by molar-refractivity contribution is -0.00520. The molecule has 4 fully saturated rings. The number of fused-ring (bicyclic) bond motifs is 1. The first-order chi connectivity index (χ1) is 12.1. The van der Waals surface area contributed by atoms with Crippen molar-refractivity contribution in [2.75, 3.05) is 20.3 Å². The van der Waals surface area contributed by atoms with Crippen LogP contribution in [-0.2, 0) is 10.2 Å². The summed E-state index contributed by atoms with van der Waals surface area (Å²) in [4.78, 5) is 26.6. The Morgan fingerprint density at radius 2 is 1.60 bits per heavy atom. The zero-order valence-electron chi connectivity index (χ0n) is 14.8. The molecule has 1 aromatic rings. The molecule has 1 aliphatic heterocycles. The summed E-state index contributed by atoms with van der Waals surface area (Å²) in [5.74, 6) is 2.29. The monoisotopic (exact) mass is 339 g/mol. The second kappa shape index (κ2) is 5.41. The number of benzene rings is 1. The molecule has 0 radical (unpaired) electrons. The van der Waals surface area contributed by atoms with Crippen LogP contribution in [0.15, 0.2) is 18.2 Å². The second-order valence-electron chi connectivity index (χ2n) is 8.71. The molecule has 0 N–H and O–H groups in total. The largest absolute Gasteiger partial charge is 0.383 e. The molecular weight excluding hydrogens is 314 g/mol. The number of nitrogens with zero attached hydrogens (tertiary/aromatic N) is 1. The number of hydrogen-bond donors (Lipinski definition) is 0. The minimum absolute atomic E-state index is 0.149. The summed E-state index contributed by atoms with van der Waals surface area (Å²) in [6.07, 6.45) is 8.04. The molecule has 6 rings (SSSR count). The van der Waals surface area contributed by atoms with Crippen LogP contribution in [0.5, 0.6) is 0 Å². The van der Waals surface area contributed by atoms with Gasteiger partial charge in [0.05, 0.1) is 24.3 Å². The first-order valence-electron chi connectivity index (χ1n) is 9.59. The van der Waals surface area contributed by atoms with Gasteiger partial charge in [-0.2, -0.15) is 0 Å². The van der Waals surface area contributed by atoms with Crippen molar-refractivity contribution >= 4 is 11.8 Å². The highest BCUT2D eigenvalue weighted by Crippen LogP contribution is 2.60. The number of ether oxygens (including phenoxy) is 1. The molecule has 0 saturated heterocycles. The average molecular weight is 339 g/mol. The molecule has 2 amide bonds. The van der Waals surface area contributed by atoms with Gasteiger partial charge in [0.25, 0.3) is 11.8 Å². The van der Waals surface area contributed by atoms with E-state index in [9.17, 15) is 9.59 Å². The fourth-order valence-corrected chi connectivity index (χ4v) is 6.47. The van der Waals surface area contributed by atoms with Crippen LogP contribution < -0.4 is 0 Å². The van der Waals surface area contributed by atoms with Gasteiger partial charge in [0.15, 0.2) is 0 Å². The quantitative estimate of drug-likeness (QED) is 0.790. The molecule has 1 heterocycles. The Hall–Kier alpha value is -1.68. The number of carbonyl (C=O) groups is 2. The first-order valence-corrected chi connectivity index (χ1v) is 9.59. The molecule has 4 saturated carbocycles. The molecule has 0 spiro atoms. The lowest BCUT2D eigenvalue weighted by Crippen LogP contribution is -2.48. The highest BCUT2D eigenvalue weighted by atomic mass is 16.5. The lowest BCUT2D eigenvalue weighted by Gasteiger charge is -2.57. The van der Waals surface area contributed by atoms with Crippen molar-refractivity contribution in [3.05, 3.63) is 34.9 Å². The maximum atomic E-state index is 12.7. The molecule has 0 unspecified atom stereocenters. The van der Waals surface area contributed by atoms with Gasteiger partial charge < -0.3 is 4.74 Å². The summed E-state index contributed by atoms with van der Waals surface area (Å²) in [6, 6.07) is 6.09. The van der Waals surface area contributed by atoms with E-state index in [1.54, 1.807) is 7.11 Å². The van der Waals surface area contributed by atoms with Gasteiger partial charge >= 0.3 is 0 Å². The predicted molar refractivity (Wildman–Crippen MR) is 93.5 cm³/mol. The molecular formula is C21H25NO3. The molecule has 4 bridgehead atoms. The fraction of sp³-hybridized carbons (Fsp3) is 0.619. The number of carbonyl (C=O) groups excluding carboxylic acids is 2. The third kappa shape index (κ3) is 2.23. The smallest absolute Gasteiger partial charge is 0.261 e. The standard InChI is InChI=1S/C21H25NO3/c1-25-5-4-22-19(23)17-3-2-16(9-18(17)20(22)24)21-10-13-6-14(11-21)8-15(7-13)12-21/h2-3,9,13-15H,4-8,10-12H2,1H3. The van der Waals surface area contributed by atoms with Gasteiger partial charge in [-0.25, -0.2) is 0 Å². The molecule has 4 nitrogen and oxygen atoms in total. The third-order valence-corrected chi connectivity index (χ3v) is 7.14. The second-order valence-corrected chi connectivity index (χ2v) is 8.71. The van der Waals surface area contributed by atoms with Crippen LogP contribution in [0.2, 0.25) is 0 Å². The number of hydrogen-bond acceptors (Lipinski definition) is 3. The van der Waals surface area contributed by atoms with Gasteiger partial charge in [0, 0.05) is 7.11 Å². The molecule has 4 heteroatoms. The van der Waals surface area contributed by atoms with Gasteiger partial charge in [-0.1, -0.05) is 6.07 Å². The average Bonchev–Trinajstić information content (AvgIpc) is 2.82. The number of imide groups is 1. The van der Waals surface area contributed by atoms with Crippen molar-refractivity contribution in [2.24, 2.45) is 17.8 Å². The Bertz CT molecular complexity index is 718. The van der Waals surface area contributed by atoms with E-state index in [2.05, 4.69) is 12.1 Å². The van der Waals surface area contributed by atoms with Gasteiger partial charge in [-0.05, 0) is 79.4 Å². The summed E-state index contributed by atoms with van der Waals surface area (Å²) < 4.78 is 5.04. The zero-order valence-corrected chi connectivity index (χ0v) is 14.8. The van der Waals surface area contributed by atoms with Crippen LogP contribution in [-0.4, -0.2) is 37.0 Å². The van der Waals surface area contributed by atoms with E-state index in [-0.39, 0.29) is 17.2 Å². The van der Waals surface area contributed by atoms with Gasteiger partial charge in [-0.15, -0.1) is 0 Å². The van der Waals surface area contributed by atoms with Crippen molar-refractivity contribution in [1.82, 2.24) is 4.90 Å². The van der Waals surface area contributed by atoms with Gasteiger partial charge in [0.2, 0.25) is 0 Å². The normalized spacial score (nSPS) is 35.6. The molecule has 132 valence electrons. The number of rotatable bonds is 4. The van der Waals surface area contributed by atoms with Gasteiger partial charge in [-0.3, -0.25) is 14.5 Å². The minimum atomic E-state index is -0.172. The summed E-state index contributed by atoms with van der Waals surface area (Å²) in [7, 11) is 1.59. The Balaban J connectivity index is 1.50. The maximum absolute atomic E-state index is 12.7. The highest BCUT2D eigenvalue weighted by molar-refractivity contribution is 6.21. The zero-order chi connectivity index (χ0) is 17.2. The Morgan fingerprint density at radius 1 is 1.00 bits per heavy atom. The van der Waals surface area contributed by atoms with Crippen LogP contribution in [0.4, 0.5) is 0 Å². The number of amides is 2. The van der Waals surface area contributed by atoms with Crippen molar-refractivity contribution < 1.29 is 14.3 Å². The Labute approximate surface area is 148 Å². The lowest BCUT2D eigenvalue weighted by atomic mass is 9.48. The number of methoxy groups -OCH3 is 1. The molecule has 25 heavy (non-hydrogen) atoms. The molecule has 0 aromatic heterocycles. The first kappa shape index (κ1) is 15.6. The summed E-state index contributed by atoms with van der Waals surface area (Å²) in [5.41, 5.74) is 2.73. The van der Waals surface area contributed by atoms with E-state index in [4.69, 9.17) is 4.74 Å². The molecule has 5 aliphatic rings. The highest BCUT2D eigenvalue weighted by Gasteiger charge is 2.52. The van der Waals surface area contributed by atoms with E-state index >= 15 is 0 Å². The topological polar surface area (TPSA) is 46.6 Å². The molecule has 4 aliphatic carbocycles. The fourth-order valence-electron chi connectivity index (χ4n) is 6.47. The van der Waals surface area contributed by atoms with Crippen molar-refractivity contribution in [3.63, 3.8) is 0 Å². The third-order valence-electron chi connectivity index (χ3n) is 7.14. The van der Waals surface area contributed by atoms with E-state index < -0.39 is 0 Å². The molecule has 1 aromatic carbocycles. The van der Waals surface area contributed by atoms with Gasteiger partial charge in [0.1, 0.15) is 0 Å². The summed E-state index contributed by atoms with van der Waals surface area (Å²) in [6.45, 7) is 0.711. The maximum Gasteiger partial charge on any atom is 0.261 e. The van der Waals surface area contributed by atoms with E-state index in [1.807, 2.05) is 6.07 Å². The van der Waals surface area contributed by atoms with Crippen LogP contribution in [0.1, 0.15) is 64.8 Å². The predicted octanol–water partition coefficient (Wildman–Crippen LogP) is 3.40. The van der Waals surface area contributed by atoms with Crippen molar-refractivity contribution in [1.29, 1.82) is 0 Å². The van der Waals surface area contributed by atoms with Crippen LogP contribution in [0.3, 0.4) is 0 Å². The Kier molecular flexibility index (Phi) is 3.37. The van der Waals surface area contributed by atoms with Crippen LogP contribution in [0, 0.1) is 17.8 Å². The van der Waals surface area contributed by atoms with E-state index in [1.165, 1.54) is 49.0 Å². The minimum Gasteiger partial charge on any atom is -0.383 e. The molecule has 0 atom stereocenters. The van der Waals surface area contributed by atoms with Crippen LogP contribution >= 0.6 is 0 Å².